The van der Waals surface area contributed by atoms with Crippen LogP contribution in [0.15, 0.2) is 42.5 Å². The first-order valence-electron chi connectivity index (χ1n) is 12.1. The highest BCUT2D eigenvalue weighted by Gasteiger charge is 2.23. The van der Waals surface area contributed by atoms with Gasteiger partial charge < -0.3 is 20.3 Å². The maximum atomic E-state index is 13.1. The van der Waals surface area contributed by atoms with E-state index in [9.17, 15) is 14.4 Å². The van der Waals surface area contributed by atoms with Gasteiger partial charge in [0.2, 0.25) is 11.8 Å². The molecular weight excluding hydrogens is 466 g/mol. The summed E-state index contributed by atoms with van der Waals surface area (Å²) in [6, 6.07) is 12.4. The van der Waals surface area contributed by atoms with E-state index in [1.54, 1.807) is 23.1 Å². The molecule has 7 nitrogen and oxygen atoms in total. The fourth-order valence-electron chi connectivity index (χ4n) is 3.91. The monoisotopic (exact) mass is 499 g/mol. The molecule has 8 heteroatoms. The highest BCUT2D eigenvalue weighted by molar-refractivity contribution is 6.31. The first-order valence-corrected chi connectivity index (χ1v) is 12.4. The Balaban J connectivity index is 1.78. The molecule has 1 heterocycles. The van der Waals surface area contributed by atoms with Gasteiger partial charge >= 0.3 is 0 Å². The number of amides is 3. The van der Waals surface area contributed by atoms with Gasteiger partial charge in [-0.2, -0.15) is 0 Å². The van der Waals surface area contributed by atoms with Gasteiger partial charge in [0.1, 0.15) is 12.4 Å². The lowest BCUT2D eigenvalue weighted by atomic mass is 10.0. The second-order valence-electron chi connectivity index (χ2n) is 9.25. The third kappa shape index (κ3) is 7.72. The summed E-state index contributed by atoms with van der Waals surface area (Å²) in [6.45, 7) is 6.97. The SMILES string of the molecule is Cc1ccccc1CC(=O)N1CCCCNC(=O)c2cc(Cl)ccc2OC[C@@H](C(C)C)NC(=O)C1. The molecule has 0 aromatic heterocycles. The van der Waals surface area contributed by atoms with Crippen molar-refractivity contribution < 1.29 is 19.1 Å². The minimum Gasteiger partial charge on any atom is -0.491 e. The van der Waals surface area contributed by atoms with Gasteiger partial charge in [-0.15, -0.1) is 0 Å². The van der Waals surface area contributed by atoms with Crippen molar-refractivity contribution >= 4 is 29.3 Å². The van der Waals surface area contributed by atoms with E-state index in [4.69, 9.17) is 16.3 Å². The van der Waals surface area contributed by atoms with Crippen LogP contribution >= 0.6 is 11.6 Å². The summed E-state index contributed by atoms with van der Waals surface area (Å²) in [5.41, 5.74) is 2.35. The highest BCUT2D eigenvalue weighted by atomic mass is 35.5. The van der Waals surface area contributed by atoms with Gasteiger partial charge in [0.25, 0.3) is 5.91 Å². The van der Waals surface area contributed by atoms with Crippen LogP contribution in [0.25, 0.3) is 0 Å². The lowest BCUT2D eigenvalue weighted by Crippen LogP contribution is -2.48. The average molecular weight is 500 g/mol. The van der Waals surface area contributed by atoms with Gasteiger partial charge in [0.05, 0.1) is 24.6 Å². The number of hydrogen-bond acceptors (Lipinski definition) is 4. The minimum absolute atomic E-state index is 0.0213. The van der Waals surface area contributed by atoms with Crippen LogP contribution in [-0.4, -0.2) is 54.9 Å². The number of benzene rings is 2. The summed E-state index contributed by atoms with van der Waals surface area (Å²) in [6.07, 6.45) is 1.55. The van der Waals surface area contributed by atoms with Crippen LogP contribution in [0.2, 0.25) is 5.02 Å². The molecule has 1 atom stereocenters. The van der Waals surface area contributed by atoms with Gasteiger partial charge in [-0.05, 0) is 55.0 Å². The lowest BCUT2D eigenvalue weighted by Gasteiger charge is -2.26. The topological polar surface area (TPSA) is 87.7 Å². The van der Waals surface area contributed by atoms with Gasteiger partial charge in [-0.3, -0.25) is 14.4 Å². The van der Waals surface area contributed by atoms with E-state index in [2.05, 4.69) is 10.6 Å². The van der Waals surface area contributed by atoms with E-state index in [0.717, 1.165) is 11.1 Å². The van der Waals surface area contributed by atoms with Gasteiger partial charge in [0, 0.05) is 18.1 Å². The molecule has 3 amide bonds. The highest BCUT2D eigenvalue weighted by Crippen LogP contribution is 2.24. The third-order valence-electron chi connectivity index (χ3n) is 6.19. The number of rotatable bonds is 3. The summed E-state index contributed by atoms with van der Waals surface area (Å²) in [5.74, 6) is -0.102. The third-order valence-corrected chi connectivity index (χ3v) is 6.42. The molecule has 0 radical (unpaired) electrons. The van der Waals surface area contributed by atoms with Crippen molar-refractivity contribution in [2.75, 3.05) is 26.2 Å². The van der Waals surface area contributed by atoms with Crippen molar-refractivity contribution in [3.8, 4) is 5.75 Å². The fraction of sp³-hybridized carbons (Fsp3) is 0.444. The molecule has 1 aliphatic heterocycles. The molecule has 0 unspecified atom stereocenters. The fourth-order valence-corrected chi connectivity index (χ4v) is 4.08. The van der Waals surface area contributed by atoms with Crippen molar-refractivity contribution in [3.05, 3.63) is 64.2 Å². The normalized spacial score (nSPS) is 18.0. The van der Waals surface area contributed by atoms with Crippen molar-refractivity contribution in [2.45, 2.75) is 46.1 Å². The van der Waals surface area contributed by atoms with E-state index in [1.165, 1.54) is 0 Å². The molecule has 1 aliphatic rings. The average Bonchev–Trinajstić information content (AvgIpc) is 2.82. The summed E-state index contributed by atoms with van der Waals surface area (Å²) in [7, 11) is 0. The van der Waals surface area contributed by atoms with Crippen LogP contribution in [0.5, 0.6) is 5.75 Å². The summed E-state index contributed by atoms with van der Waals surface area (Å²) < 4.78 is 5.96. The van der Waals surface area contributed by atoms with E-state index >= 15 is 0 Å². The van der Waals surface area contributed by atoms with Gasteiger partial charge in [0.15, 0.2) is 0 Å². The number of aryl methyl sites for hydroxylation is 1. The van der Waals surface area contributed by atoms with Crippen molar-refractivity contribution in [3.63, 3.8) is 0 Å². The van der Waals surface area contributed by atoms with Crippen molar-refractivity contribution in [2.24, 2.45) is 5.92 Å². The molecule has 2 N–H and O–H groups in total. The summed E-state index contributed by atoms with van der Waals surface area (Å²) >= 11 is 6.12. The number of nitrogens with zero attached hydrogens (tertiary/aromatic N) is 1. The van der Waals surface area contributed by atoms with Crippen LogP contribution in [0.1, 0.15) is 48.2 Å². The van der Waals surface area contributed by atoms with Crippen LogP contribution < -0.4 is 15.4 Å². The van der Waals surface area contributed by atoms with Crippen LogP contribution in [0.3, 0.4) is 0 Å². The molecule has 2 aromatic rings. The number of nitrogens with one attached hydrogen (secondary N) is 2. The Labute approximate surface area is 212 Å². The Morgan fingerprint density at radius 2 is 1.94 bits per heavy atom. The number of hydrogen-bond donors (Lipinski definition) is 2. The van der Waals surface area contributed by atoms with E-state index in [1.807, 2.05) is 45.0 Å². The quantitative estimate of drug-likeness (QED) is 0.673. The smallest absolute Gasteiger partial charge is 0.255 e. The molecular formula is C27H34ClN3O4. The zero-order chi connectivity index (χ0) is 25.4. The second-order valence-corrected chi connectivity index (χ2v) is 9.69. The first kappa shape index (κ1) is 26.5. The molecule has 0 saturated heterocycles. The standard InChI is InChI=1S/C27H34ClN3O4/c1-18(2)23-17-35-24-11-10-21(28)15-22(24)27(34)29-12-6-7-13-31(16-25(32)30-23)26(33)14-20-9-5-4-8-19(20)3/h4-5,8-11,15,18,23H,6-7,12-14,16-17H2,1-3H3,(H,29,34)(H,30,32)/t23-/m0/s1. The molecule has 3 rings (SSSR count). The lowest BCUT2D eigenvalue weighted by molar-refractivity contribution is -0.136. The maximum absolute atomic E-state index is 13.1. The van der Waals surface area contributed by atoms with Crippen LogP contribution in [0, 0.1) is 12.8 Å². The van der Waals surface area contributed by atoms with E-state index in [0.29, 0.717) is 42.3 Å². The van der Waals surface area contributed by atoms with Gasteiger partial charge in [-0.25, -0.2) is 0 Å². The number of ether oxygens (including phenoxy) is 1. The predicted octanol–water partition coefficient (Wildman–Crippen LogP) is 3.76. The molecule has 35 heavy (non-hydrogen) atoms. The Morgan fingerprint density at radius 3 is 2.69 bits per heavy atom. The van der Waals surface area contributed by atoms with Crippen LogP contribution in [-0.2, 0) is 16.0 Å². The Kier molecular flexibility index (Phi) is 9.55. The minimum atomic E-state index is -0.299. The zero-order valence-electron chi connectivity index (χ0n) is 20.6. The molecule has 0 aliphatic carbocycles. The maximum Gasteiger partial charge on any atom is 0.255 e. The number of fused-ring (bicyclic) bond motifs is 1. The zero-order valence-corrected chi connectivity index (χ0v) is 21.4. The van der Waals surface area contributed by atoms with Gasteiger partial charge in [-0.1, -0.05) is 49.7 Å². The molecule has 2 aromatic carbocycles. The second kappa shape index (κ2) is 12.6. The Hall–Kier alpha value is -3.06. The summed E-state index contributed by atoms with van der Waals surface area (Å²) in [4.78, 5) is 40.5. The first-order chi connectivity index (χ1) is 16.7. The van der Waals surface area contributed by atoms with E-state index < -0.39 is 0 Å². The molecule has 0 bridgehead atoms. The Morgan fingerprint density at radius 1 is 1.17 bits per heavy atom. The van der Waals surface area contributed by atoms with Crippen molar-refractivity contribution in [1.82, 2.24) is 15.5 Å². The van der Waals surface area contributed by atoms with Crippen LogP contribution in [0.4, 0.5) is 0 Å². The van der Waals surface area contributed by atoms with Crippen molar-refractivity contribution in [1.29, 1.82) is 0 Å². The summed E-state index contributed by atoms with van der Waals surface area (Å²) in [5, 5.41) is 6.36. The largest absolute Gasteiger partial charge is 0.491 e. The number of halogens is 1. The molecule has 0 saturated carbocycles. The molecule has 0 fully saturated rings. The molecule has 0 spiro atoms. The predicted molar refractivity (Wildman–Crippen MR) is 137 cm³/mol. The number of carbonyl (C=O) groups is 3. The number of carbonyl (C=O) groups excluding carboxylic acids is 3. The molecule has 188 valence electrons. The van der Waals surface area contributed by atoms with E-state index in [-0.39, 0.29) is 49.3 Å². The Bertz CT molecular complexity index is 1060.